The molecule has 1 saturated heterocycles. The van der Waals surface area contributed by atoms with Gasteiger partial charge in [0.05, 0.1) is 12.7 Å². The summed E-state index contributed by atoms with van der Waals surface area (Å²) >= 11 is 0. The van der Waals surface area contributed by atoms with Crippen LogP contribution in [0.4, 0.5) is 0 Å². The Labute approximate surface area is 101 Å². The Morgan fingerprint density at radius 2 is 2.29 bits per heavy atom. The molecule has 1 aromatic carbocycles. The van der Waals surface area contributed by atoms with Gasteiger partial charge in [-0.1, -0.05) is 18.2 Å². The molecule has 4 heteroatoms. The standard InChI is InChI=1S/C13H18N2O2/c1-17-13(16)11-5-3-2-4-10(11)12(14)9-6-7-15-8-9/h2-5,9,12,15H,6-8,14H2,1H3. The summed E-state index contributed by atoms with van der Waals surface area (Å²) < 4.78 is 4.78. The zero-order valence-corrected chi connectivity index (χ0v) is 9.98. The Hall–Kier alpha value is -1.39. The number of methoxy groups -OCH3 is 1. The molecule has 2 unspecified atom stereocenters. The molecule has 1 aliphatic heterocycles. The van der Waals surface area contributed by atoms with Gasteiger partial charge in [-0.15, -0.1) is 0 Å². The van der Waals surface area contributed by atoms with E-state index in [-0.39, 0.29) is 12.0 Å². The first-order valence-electron chi connectivity index (χ1n) is 5.87. The van der Waals surface area contributed by atoms with Gasteiger partial charge >= 0.3 is 5.97 Å². The van der Waals surface area contributed by atoms with Crippen LogP contribution in [0.3, 0.4) is 0 Å². The molecule has 0 bridgehead atoms. The smallest absolute Gasteiger partial charge is 0.338 e. The fraction of sp³-hybridized carbons (Fsp3) is 0.462. The molecular formula is C13H18N2O2. The van der Waals surface area contributed by atoms with Gasteiger partial charge in [0, 0.05) is 6.04 Å². The molecule has 0 saturated carbocycles. The molecule has 0 amide bonds. The van der Waals surface area contributed by atoms with Crippen molar-refractivity contribution in [1.82, 2.24) is 5.32 Å². The first-order valence-corrected chi connectivity index (χ1v) is 5.87. The normalized spacial score (nSPS) is 21.2. The number of ether oxygens (including phenoxy) is 1. The number of hydrogen-bond acceptors (Lipinski definition) is 4. The third kappa shape index (κ3) is 2.48. The Morgan fingerprint density at radius 1 is 1.53 bits per heavy atom. The van der Waals surface area contributed by atoms with E-state index in [1.807, 2.05) is 18.2 Å². The fourth-order valence-electron chi connectivity index (χ4n) is 2.32. The van der Waals surface area contributed by atoms with Gasteiger partial charge in [-0.25, -0.2) is 4.79 Å². The molecule has 0 aliphatic carbocycles. The molecule has 1 aromatic rings. The lowest BCUT2D eigenvalue weighted by molar-refractivity contribution is 0.0598. The molecule has 2 atom stereocenters. The molecule has 4 nitrogen and oxygen atoms in total. The lowest BCUT2D eigenvalue weighted by Gasteiger charge is -2.20. The van der Waals surface area contributed by atoms with Crippen molar-refractivity contribution in [2.24, 2.45) is 11.7 Å². The average Bonchev–Trinajstić information content (AvgIpc) is 2.91. The minimum Gasteiger partial charge on any atom is -0.465 e. The lowest BCUT2D eigenvalue weighted by atomic mass is 9.90. The largest absolute Gasteiger partial charge is 0.465 e. The lowest BCUT2D eigenvalue weighted by Crippen LogP contribution is -2.25. The van der Waals surface area contributed by atoms with Crippen molar-refractivity contribution in [3.63, 3.8) is 0 Å². The van der Waals surface area contributed by atoms with Gasteiger partial charge in [0.15, 0.2) is 0 Å². The van der Waals surface area contributed by atoms with Crippen LogP contribution in [-0.4, -0.2) is 26.2 Å². The maximum Gasteiger partial charge on any atom is 0.338 e. The van der Waals surface area contributed by atoms with Crippen molar-refractivity contribution in [2.45, 2.75) is 12.5 Å². The molecule has 1 heterocycles. The highest BCUT2D eigenvalue weighted by Gasteiger charge is 2.26. The molecular weight excluding hydrogens is 216 g/mol. The van der Waals surface area contributed by atoms with Gasteiger partial charge in [0.1, 0.15) is 0 Å². The molecule has 0 radical (unpaired) electrons. The van der Waals surface area contributed by atoms with Crippen LogP contribution in [0, 0.1) is 5.92 Å². The topological polar surface area (TPSA) is 64.3 Å². The monoisotopic (exact) mass is 234 g/mol. The van der Waals surface area contributed by atoms with Crippen molar-refractivity contribution in [3.8, 4) is 0 Å². The maximum absolute atomic E-state index is 11.7. The van der Waals surface area contributed by atoms with E-state index in [9.17, 15) is 4.79 Å². The van der Waals surface area contributed by atoms with Crippen molar-refractivity contribution in [1.29, 1.82) is 0 Å². The van der Waals surface area contributed by atoms with Crippen molar-refractivity contribution >= 4 is 5.97 Å². The predicted octanol–water partition coefficient (Wildman–Crippen LogP) is 1.08. The Balaban J connectivity index is 2.27. The summed E-state index contributed by atoms with van der Waals surface area (Å²) in [7, 11) is 1.39. The van der Waals surface area contributed by atoms with Crippen molar-refractivity contribution < 1.29 is 9.53 Å². The molecule has 3 N–H and O–H groups in total. The maximum atomic E-state index is 11.7. The SMILES string of the molecule is COC(=O)c1ccccc1C(N)C1CCNC1. The molecule has 0 aromatic heterocycles. The van der Waals surface area contributed by atoms with Crippen molar-refractivity contribution in [2.75, 3.05) is 20.2 Å². The summed E-state index contributed by atoms with van der Waals surface area (Å²) in [6.07, 6.45) is 1.05. The summed E-state index contributed by atoms with van der Waals surface area (Å²) in [6.45, 7) is 1.91. The van der Waals surface area contributed by atoms with Crippen LogP contribution in [-0.2, 0) is 4.74 Å². The van der Waals surface area contributed by atoms with E-state index >= 15 is 0 Å². The highest BCUT2D eigenvalue weighted by atomic mass is 16.5. The Morgan fingerprint density at radius 3 is 2.94 bits per heavy atom. The number of carbonyl (C=O) groups excluding carboxylic acids is 1. The number of carbonyl (C=O) groups is 1. The first-order chi connectivity index (χ1) is 8.24. The van der Waals surface area contributed by atoms with Crippen LogP contribution in [0.25, 0.3) is 0 Å². The van der Waals surface area contributed by atoms with Gasteiger partial charge < -0.3 is 15.8 Å². The minimum absolute atomic E-state index is 0.111. The van der Waals surface area contributed by atoms with Gasteiger partial charge in [0.25, 0.3) is 0 Å². The highest BCUT2D eigenvalue weighted by molar-refractivity contribution is 5.91. The summed E-state index contributed by atoms with van der Waals surface area (Å²) in [6, 6.07) is 7.30. The summed E-state index contributed by atoms with van der Waals surface area (Å²) in [5, 5.41) is 3.29. The molecule has 1 fully saturated rings. The van der Waals surface area contributed by atoms with Crippen LogP contribution in [0.15, 0.2) is 24.3 Å². The van der Waals surface area contributed by atoms with E-state index < -0.39 is 0 Å². The van der Waals surface area contributed by atoms with Gasteiger partial charge in [-0.3, -0.25) is 0 Å². The zero-order chi connectivity index (χ0) is 12.3. The minimum atomic E-state index is -0.318. The Bertz CT molecular complexity index is 400. The van der Waals surface area contributed by atoms with Gasteiger partial charge in [-0.05, 0) is 37.1 Å². The van der Waals surface area contributed by atoms with E-state index in [1.54, 1.807) is 6.07 Å². The third-order valence-electron chi connectivity index (χ3n) is 3.33. The summed E-state index contributed by atoms with van der Waals surface area (Å²) in [5.41, 5.74) is 7.71. The van der Waals surface area contributed by atoms with Crippen LogP contribution in [0.2, 0.25) is 0 Å². The summed E-state index contributed by atoms with van der Waals surface area (Å²) in [4.78, 5) is 11.7. The quantitative estimate of drug-likeness (QED) is 0.768. The molecule has 0 spiro atoms. The number of nitrogens with one attached hydrogen (secondary N) is 1. The van der Waals surface area contributed by atoms with Crippen LogP contribution in [0.5, 0.6) is 0 Å². The van der Waals surface area contributed by atoms with E-state index in [4.69, 9.17) is 10.5 Å². The highest BCUT2D eigenvalue weighted by Crippen LogP contribution is 2.27. The van der Waals surface area contributed by atoms with Crippen LogP contribution < -0.4 is 11.1 Å². The molecule has 17 heavy (non-hydrogen) atoms. The molecule has 1 aliphatic rings. The van der Waals surface area contributed by atoms with E-state index in [0.717, 1.165) is 25.1 Å². The van der Waals surface area contributed by atoms with E-state index in [1.165, 1.54) is 7.11 Å². The number of rotatable bonds is 3. The second kappa shape index (κ2) is 5.29. The van der Waals surface area contributed by atoms with Crippen molar-refractivity contribution in [3.05, 3.63) is 35.4 Å². The molecule has 92 valence electrons. The number of nitrogens with two attached hydrogens (primary N) is 1. The average molecular weight is 234 g/mol. The first kappa shape index (κ1) is 12.1. The van der Waals surface area contributed by atoms with E-state index in [0.29, 0.717) is 11.5 Å². The number of esters is 1. The predicted molar refractivity (Wildman–Crippen MR) is 65.7 cm³/mol. The zero-order valence-electron chi connectivity index (χ0n) is 9.98. The number of benzene rings is 1. The number of hydrogen-bond donors (Lipinski definition) is 2. The van der Waals surface area contributed by atoms with Gasteiger partial charge in [-0.2, -0.15) is 0 Å². The Kier molecular flexibility index (Phi) is 3.76. The second-order valence-electron chi connectivity index (χ2n) is 4.36. The fourth-order valence-corrected chi connectivity index (χ4v) is 2.32. The van der Waals surface area contributed by atoms with E-state index in [2.05, 4.69) is 5.32 Å². The van der Waals surface area contributed by atoms with Gasteiger partial charge in [0.2, 0.25) is 0 Å². The van der Waals surface area contributed by atoms with Crippen LogP contribution in [0.1, 0.15) is 28.4 Å². The van der Waals surface area contributed by atoms with Crippen LogP contribution >= 0.6 is 0 Å². The summed E-state index contributed by atoms with van der Waals surface area (Å²) in [5.74, 6) is 0.0720. The third-order valence-corrected chi connectivity index (χ3v) is 3.33. The second-order valence-corrected chi connectivity index (χ2v) is 4.36. The molecule has 2 rings (SSSR count).